The van der Waals surface area contributed by atoms with Crippen LogP contribution >= 0.6 is 0 Å². The summed E-state index contributed by atoms with van der Waals surface area (Å²) < 4.78 is 10.9. The average molecular weight is 608 g/mol. The van der Waals surface area contributed by atoms with Gasteiger partial charge in [-0.3, -0.25) is 28.8 Å². The van der Waals surface area contributed by atoms with Gasteiger partial charge in [-0.2, -0.15) is 0 Å². The highest BCUT2D eigenvalue weighted by molar-refractivity contribution is 5.96. The lowest BCUT2D eigenvalue weighted by Crippen LogP contribution is -2.61. The summed E-state index contributed by atoms with van der Waals surface area (Å²) in [4.78, 5) is 86.9. The van der Waals surface area contributed by atoms with Crippen LogP contribution in [0.1, 0.15) is 66.7 Å². The average Bonchev–Trinajstić information content (AvgIpc) is 3.65. The van der Waals surface area contributed by atoms with Crippen LogP contribution in [-0.2, 0) is 38.2 Å². The van der Waals surface area contributed by atoms with Gasteiger partial charge in [0.1, 0.15) is 24.2 Å². The minimum atomic E-state index is -1.14. The zero-order valence-electron chi connectivity index (χ0n) is 26.8. The van der Waals surface area contributed by atoms with Crippen LogP contribution in [0, 0.1) is 11.8 Å². The third-order valence-corrected chi connectivity index (χ3v) is 9.04. The van der Waals surface area contributed by atoms with Crippen molar-refractivity contribution in [3.05, 3.63) is 0 Å². The van der Waals surface area contributed by atoms with E-state index in [0.29, 0.717) is 32.4 Å². The fraction of sp³-hybridized carbons (Fsp3) is 0.800. The Labute approximate surface area is 254 Å². The van der Waals surface area contributed by atoms with E-state index in [1.165, 1.54) is 26.6 Å². The maximum absolute atomic E-state index is 14.2. The predicted octanol–water partition coefficient (Wildman–Crippen LogP) is 0.401. The van der Waals surface area contributed by atoms with Crippen LogP contribution < -0.4 is 5.32 Å². The van der Waals surface area contributed by atoms with Crippen molar-refractivity contribution in [2.24, 2.45) is 11.8 Å². The lowest BCUT2D eigenvalue weighted by atomic mass is 9.93. The Morgan fingerprint density at radius 3 is 2.07 bits per heavy atom. The Hall–Kier alpha value is -3.22. The predicted molar refractivity (Wildman–Crippen MR) is 156 cm³/mol. The molecule has 0 aliphatic carbocycles. The van der Waals surface area contributed by atoms with Gasteiger partial charge < -0.3 is 34.4 Å². The van der Waals surface area contributed by atoms with Crippen molar-refractivity contribution < 1.29 is 38.2 Å². The maximum Gasteiger partial charge on any atom is 0.308 e. The van der Waals surface area contributed by atoms with Gasteiger partial charge >= 0.3 is 5.97 Å². The van der Waals surface area contributed by atoms with Gasteiger partial charge in [0, 0.05) is 40.7 Å². The molecule has 7 atom stereocenters. The van der Waals surface area contributed by atoms with Crippen LogP contribution in [0.2, 0.25) is 0 Å². The quantitative estimate of drug-likeness (QED) is 0.349. The number of hydrogen-bond acceptors (Lipinski definition) is 8. The van der Waals surface area contributed by atoms with Crippen LogP contribution in [0.15, 0.2) is 0 Å². The van der Waals surface area contributed by atoms with Gasteiger partial charge in [0.05, 0.1) is 19.1 Å². The Morgan fingerprint density at radius 1 is 0.884 bits per heavy atom. The summed E-state index contributed by atoms with van der Waals surface area (Å²) in [6.07, 6.45) is 0.222. The first-order valence-corrected chi connectivity index (χ1v) is 15.4. The van der Waals surface area contributed by atoms with Crippen molar-refractivity contribution >= 4 is 35.5 Å². The fourth-order valence-electron chi connectivity index (χ4n) is 5.97. The first-order valence-electron chi connectivity index (χ1n) is 15.4. The molecule has 0 aromatic carbocycles. The van der Waals surface area contributed by atoms with Crippen LogP contribution in [-0.4, -0.2) is 132 Å². The number of carbonyl (C=O) groups is 6. The number of esters is 1. The molecule has 13 heteroatoms. The highest BCUT2D eigenvalue weighted by atomic mass is 16.6. The van der Waals surface area contributed by atoms with Crippen molar-refractivity contribution in [2.75, 3.05) is 40.8 Å². The van der Waals surface area contributed by atoms with E-state index in [-0.39, 0.29) is 43.2 Å². The molecule has 43 heavy (non-hydrogen) atoms. The smallest absolute Gasteiger partial charge is 0.308 e. The molecule has 3 rings (SSSR count). The van der Waals surface area contributed by atoms with E-state index >= 15 is 0 Å². The number of amides is 5. The van der Waals surface area contributed by atoms with Crippen LogP contribution in [0.25, 0.3) is 0 Å². The van der Waals surface area contributed by atoms with Crippen LogP contribution in [0.5, 0.6) is 0 Å². The molecule has 0 aromatic heterocycles. The summed E-state index contributed by atoms with van der Waals surface area (Å²) in [6.45, 7) is 9.74. The summed E-state index contributed by atoms with van der Waals surface area (Å²) in [5, 5.41) is 2.66. The molecular formula is C30H49N5O8. The van der Waals surface area contributed by atoms with Crippen LogP contribution in [0.4, 0.5) is 0 Å². The molecule has 0 bridgehead atoms. The third kappa shape index (κ3) is 7.84. The zero-order chi connectivity index (χ0) is 32.2. The first kappa shape index (κ1) is 34.3. The third-order valence-electron chi connectivity index (χ3n) is 9.04. The topological polar surface area (TPSA) is 149 Å². The summed E-state index contributed by atoms with van der Waals surface area (Å²) in [5.41, 5.74) is 0. The number of epoxide rings is 1. The molecule has 13 nitrogen and oxygen atoms in total. The summed E-state index contributed by atoms with van der Waals surface area (Å²) in [7, 11) is 4.62. The molecule has 0 aromatic rings. The number of carbonyl (C=O) groups excluding carboxylic acids is 6. The lowest BCUT2D eigenvalue weighted by molar-refractivity contribution is -0.163. The van der Waals surface area contributed by atoms with Gasteiger partial charge in [0.25, 0.3) is 5.91 Å². The second-order valence-electron chi connectivity index (χ2n) is 12.4. The normalized spacial score (nSPS) is 31.4. The molecule has 3 saturated heterocycles. The largest absolute Gasteiger partial charge is 0.452 e. The Balaban J connectivity index is 2.03. The highest BCUT2D eigenvalue weighted by Gasteiger charge is 2.45. The second-order valence-corrected chi connectivity index (χ2v) is 12.4. The molecule has 5 amide bonds. The summed E-state index contributed by atoms with van der Waals surface area (Å²) in [6, 6.07) is -3.50. The highest BCUT2D eigenvalue weighted by Crippen LogP contribution is 2.27. The number of cyclic esters (lactones) is 1. The van der Waals surface area contributed by atoms with E-state index in [9.17, 15) is 28.8 Å². The molecule has 0 spiro atoms. The van der Waals surface area contributed by atoms with Crippen molar-refractivity contribution in [3.8, 4) is 0 Å². The van der Waals surface area contributed by atoms with E-state index in [2.05, 4.69) is 5.32 Å². The number of likely N-dealkylation sites (N-methyl/N-ethyl adjacent to an activating group) is 3. The fourth-order valence-corrected chi connectivity index (χ4v) is 5.97. The molecular weight excluding hydrogens is 558 g/mol. The Morgan fingerprint density at radius 2 is 1.49 bits per heavy atom. The van der Waals surface area contributed by atoms with Gasteiger partial charge in [0.15, 0.2) is 6.10 Å². The van der Waals surface area contributed by atoms with Crippen molar-refractivity contribution in [2.45, 2.75) is 103 Å². The molecule has 3 fully saturated rings. The number of rotatable bonds is 5. The van der Waals surface area contributed by atoms with Crippen molar-refractivity contribution in [1.82, 2.24) is 24.9 Å². The van der Waals surface area contributed by atoms with E-state index in [4.69, 9.17) is 9.47 Å². The second kappa shape index (κ2) is 14.5. The van der Waals surface area contributed by atoms with E-state index in [0.717, 1.165) is 0 Å². The molecule has 1 N–H and O–H groups in total. The standard InChI is InChI=1S/C30H49N5O8/c1-9-18(4)25-30(41)33(7)24(17(2)3)29(40)32(6)19(5)26(37)31-13-12-23(36)43-22(15-20-16-42-20)28(39)35-14-10-11-21(35)27(38)34(25)8/h17-22,24-25H,9-16H2,1-8H3,(H,31,37)/t18-,19-,20-,21-,22+,24?,25-/m0/s1. The van der Waals surface area contributed by atoms with Gasteiger partial charge in [-0.1, -0.05) is 34.1 Å². The van der Waals surface area contributed by atoms with E-state index < -0.39 is 59.9 Å². The van der Waals surface area contributed by atoms with E-state index in [1.807, 2.05) is 27.7 Å². The minimum absolute atomic E-state index is 0.0525. The van der Waals surface area contributed by atoms with Crippen molar-refractivity contribution in [1.29, 1.82) is 0 Å². The molecule has 3 aliphatic rings. The monoisotopic (exact) mass is 607 g/mol. The van der Waals surface area contributed by atoms with E-state index in [1.54, 1.807) is 21.0 Å². The molecule has 242 valence electrons. The maximum atomic E-state index is 14.2. The van der Waals surface area contributed by atoms with Gasteiger partial charge in [0.2, 0.25) is 23.6 Å². The summed E-state index contributed by atoms with van der Waals surface area (Å²) >= 11 is 0. The van der Waals surface area contributed by atoms with Gasteiger partial charge in [-0.15, -0.1) is 0 Å². The molecule has 3 aliphatic heterocycles. The Kier molecular flexibility index (Phi) is 11.6. The van der Waals surface area contributed by atoms with Crippen LogP contribution in [0.3, 0.4) is 0 Å². The van der Waals surface area contributed by atoms with Crippen molar-refractivity contribution in [3.63, 3.8) is 0 Å². The minimum Gasteiger partial charge on any atom is -0.452 e. The molecule has 0 saturated carbocycles. The first-order chi connectivity index (χ1) is 20.2. The van der Waals surface area contributed by atoms with Gasteiger partial charge in [-0.25, -0.2) is 0 Å². The molecule has 1 unspecified atom stereocenters. The summed E-state index contributed by atoms with van der Waals surface area (Å²) in [5.74, 6) is -3.35. The SMILES string of the molecule is CC[C@H](C)[C@H]1C(=O)N(C)C(C(C)C)C(=O)N(C)[C@@H](C)C(=O)NCCC(=O)O[C@H](C[C@H]2CO2)C(=O)N2CCC[C@H]2C(=O)N1C. The zero-order valence-corrected chi connectivity index (χ0v) is 26.8. The number of fused-ring (bicyclic) bond motifs is 1. The number of nitrogens with one attached hydrogen (secondary N) is 1. The van der Waals surface area contributed by atoms with Gasteiger partial charge in [-0.05, 0) is 31.6 Å². The molecule has 3 heterocycles. The number of hydrogen-bond donors (Lipinski definition) is 1. The molecule has 0 radical (unpaired) electrons. The lowest BCUT2D eigenvalue weighted by Gasteiger charge is -2.40. The number of ether oxygens (including phenoxy) is 2. The number of nitrogens with zero attached hydrogens (tertiary/aromatic N) is 4. The Bertz CT molecular complexity index is 1080.